The van der Waals surface area contributed by atoms with Crippen molar-refractivity contribution in [3.63, 3.8) is 0 Å². The first kappa shape index (κ1) is 17.4. The molecule has 2 fully saturated rings. The molecule has 7 nitrogen and oxygen atoms in total. The highest BCUT2D eigenvalue weighted by atomic mass is 16.2. The number of carbonyl (C=O) groups excluding carboxylic acids is 2. The lowest BCUT2D eigenvalue weighted by Crippen LogP contribution is -2.75. The highest BCUT2D eigenvalue weighted by molar-refractivity contribution is 6.17. The third-order valence-electron chi connectivity index (χ3n) is 5.83. The van der Waals surface area contributed by atoms with Crippen molar-refractivity contribution >= 4 is 17.6 Å². The Kier molecular flexibility index (Phi) is 4.35. The van der Waals surface area contributed by atoms with Gasteiger partial charge in [0.15, 0.2) is 0 Å². The molecule has 0 saturated carbocycles. The first-order valence-corrected chi connectivity index (χ1v) is 9.70. The lowest BCUT2D eigenvalue weighted by Gasteiger charge is -2.47. The number of fused-ring (bicyclic) bond motifs is 2. The van der Waals surface area contributed by atoms with Crippen LogP contribution in [0.1, 0.15) is 11.1 Å². The summed E-state index contributed by atoms with van der Waals surface area (Å²) in [6.45, 7) is 2.29. The lowest BCUT2D eigenvalue weighted by molar-refractivity contribution is -0.125. The van der Waals surface area contributed by atoms with E-state index in [4.69, 9.17) is 0 Å². The van der Waals surface area contributed by atoms with E-state index in [0.29, 0.717) is 12.2 Å². The normalized spacial score (nSPS) is 27.7. The van der Waals surface area contributed by atoms with Crippen LogP contribution < -0.4 is 20.9 Å². The Morgan fingerprint density at radius 2 is 1.68 bits per heavy atom. The van der Waals surface area contributed by atoms with E-state index >= 15 is 0 Å². The van der Waals surface area contributed by atoms with E-state index in [-0.39, 0.29) is 30.3 Å². The van der Waals surface area contributed by atoms with Gasteiger partial charge < -0.3 is 5.32 Å². The number of urea groups is 1. The van der Waals surface area contributed by atoms with E-state index in [1.54, 1.807) is 12.1 Å². The molecular formula is C21H23N5O2. The summed E-state index contributed by atoms with van der Waals surface area (Å²) in [4.78, 5) is 29.2. The minimum atomic E-state index is -0.380. The molecule has 3 amide bonds. The average molecular weight is 377 g/mol. The van der Waals surface area contributed by atoms with Crippen molar-refractivity contribution in [3.05, 3.63) is 65.7 Å². The molecule has 0 radical (unpaired) electrons. The van der Waals surface area contributed by atoms with Crippen LogP contribution in [0.2, 0.25) is 0 Å². The SMILES string of the molecule is O=C1NC2NC(N3CCc4ccccc4C3)NCC2C(=O)N1c1ccccc1. The quantitative estimate of drug-likeness (QED) is 0.734. The number of amides is 3. The van der Waals surface area contributed by atoms with Crippen molar-refractivity contribution in [2.75, 3.05) is 18.0 Å². The summed E-state index contributed by atoms with van der Waals surface area (Å²) in [5.74, 6) is -0.520. The molecule has 3 atom stereocenters. The molecule has 0 bridgehead atoms. The Balaban J connectivity index is 1.30. The van der Waals surface area contributed by atoms with Gasteiger partial charge in [-0.3, -0.25) is 20.3 Å². The van der Waals surface area contributed by atoms with E-state index in [0.717, 1.165) is 19.5 Å². The zero-order chi connectivity index (χ0) is 19.1. The number of para-hydroxylation sites is 1. The number of nitrogens with zero attached hydrogens (tertiary/aromatic N) is 2. The fourth-order valence-electron chi connectivity index (χ4n) is 4.33. The van der Waals surface area contributed by atoms with Crippen LogP contribution in [0, 0.1) is 5.92 Å². The minimum Gasteiger partial charge on any atom is -0.321 e. The number of imide groups is 1. The van der Waals surface area contributed by atoms with Gasteiger partial charge in [0.2, 0.25) is 5.91 Å². The smallest absolute Gasteiger partial charge is 0.321 e. The predicted molar refractivity (Wildman–Crippen MR) is 105 cm³/mol. The third kappa shape index (κ3) is 2.97. The van der Waals surface area contributed by atoms with E-state index in [9.17, 15) is 9.59 Å². The molecule has 2 saturated heterocycles. The standard InChI is InChI=1S/C21H23N5O2/c27-19-17-12-22-20(25-11-10-14-6-4-5-7-15(14)13-25)23-18(17)24-21(28)26(19)16-8-2-1-3-9-16/h1-9,17-18,20,22-23H,10-13H2,(H,24,28). The molecule has 144 valence electrons. The maximum Gasteiger partial charge on any atom is 0.330 e. The van der Waals surface area contributed by atoms with Gasteiger partial charge in [0.1, 0.15) is 6.29 Å². The zero-order valence-corrected chi connectivity index (χ0v) is 15.5. The van der Waals surface area contributed by atoms with Crippen LogP contribution in [-0.4, -0.2) is 42.4 Å². The van der Waals surface area contributed by atoms with Crippen LogP contribution in [0.4, 0.5) is 10.5 Å². The van der Waals surface area contributed by atoms with Crippen LogP contribution in [0.15, 0.2) is 54.6 Å². The van der Waals surface area contributed by atoms with Crippen molar-refractivity contribution in [3.8, 4) is 0 Å². The van der Waals surface area contributed by atoms with E-state index in [1.807, 2.05) is 18.2 Å². The largest absolute Gasteiger partial charge is 0.330 e. The molecule has 0 aliphatic carbocycles. The van der Waals surface area contributed by atoms with Crippen molar-refractivity contribution < 1.29 is 9.59 Å². The van der Waals surface area contributed by atoms with Gasteiger partial charge in [0.25, 0.3) is 0 Å². The predicted octanol–water partition coefficient (Wildman–Crippen LogP) is 1.22. The van der Waals surface area contributed by atoms with E-state index < -0.39 is 0 Å². The summed E-state index contributed by atoms with van der Waals surface area (Å²) in [6, 6.07) is 17.2. The van der Waals surface area contributed by atoms with Gasteiger partial charge >= 0.3 is 6.03 Å². The van der Waals surface area contributed by atoms with Gasteiger partial charge in [-0.25, -0.2) is 9.69 Å². The number of rotatable bonds is 2. The topological polar surface area (TPSA) is 76.7 Å². The van der Waals surface area contributed by atoms with Crippen molar-refractivity contribution in [2.24, 2.45) is 5.92 Å². The summed E-state index contributed by atoms with van der Waals surface area (Å²) in [5.41, 5.74) is 3.32. The third-order valence-corrected chi connectivity index (χ3v) is 5.83. The highest BCUT2D eigenvalue weighted by Gasteiger charge is 2.45. The van der Waals surface area contributed by atoms with E-state index in [2.05, 4.69) is 45.1 Å². The number of hydrogen-bond donors (Lipinski definition) is 3. The van der Waals surface area contributed by atoms with E-state index in [1.165, 1.54) is 16.0 Å². The molecule has 2 aromatic carbocycles. The van der Waals surface area contributed by atoms with Gasteiger partial charge in [-0.2, -0.15) is 0 Å². The van der Waals surface area contributed by atoms with Crippen LogP contribution >= 0.6 is 0 Å². The maximum atomic E-state index is 13.0. The minimum absolute atomic E-state index is 0.0778. The fraction of sp³-hybridized carbons (Fsp3) is 0.333. The molecule has 3 unspecified atom stereocenters. The molecule has 3 aliphatic rings. The number of nitrogens with one attached hydrogen (secondary N) is 3. The highest BCUT2D eigenvalue weighted by Crippen LogP contribution is 2.25. The summed E-state index contributed by atoms with van der Waals surface area (Å²) in [6.07, 6.45) is 0.548. The van der Waals surface area contributed by atoms with Gasteiger partial charge in [-0.15, -0.1) is 0 Å². The summed E-state index contributed by atoms with van der Waals surface area (Å²) in [7, 11) is 0. The average Bonchev–Trinajstić information content (AvgIpc) is 2.74. The van der Waals surface area contributed by atoms with Crippen LogP contribution in [0.25, 0.3) is 0 Å². The second kappa shape index (κ2) is 7.01. The Bertz CT molecular complexity index is 903. The molecule has 3 aliphatic heterocycles. The van der Waals surface area contributed by atoms with Gasteiger partial charge in [-0.05, 0) is 29.7 Å². The van der Waals surface area contributed by atoms with Gasteiger partial charge in [0, 0.05) is 19.6 Å². The molecule has 3 heterocycles. The Hall–Kier alpha value is -2.74. The molecule has 7 heteroatoms. The number of benzene rings is 2. The van der Waals surface area contributed by atoms with Gasteiger partial charge in [-0.1, -0.05) is 42.5 Å². The summed E-state index contributed by atoms with van der Waals surface area (Å²) in [5, 5.41) is 9.85. The molecule has 5 rings (SSSR count). The second-order valence-corrected chi connectivity index (χ2v) is 7.51. The van der Waals surface area contributed by atoms with Crippen molar-refractivity contribution in [1.29, 1.82) is 0 Å². The number of carbonyl (C=O) groups is 2. The summed E-state index contributed by atoms with van der Waals surface area (Å²) >= 11 is 0. The van der Waals surface area contributed by atoms with Crippen LogP contribution in [0.3, 0.4) is 0 Å². The zero-order valence-electron chi connectivity index (χ0n) is 15.5. The van der Waals surface area contributed by atoms with Crippen LogP contribution in [0.5, 0.6) is 0 Å². The molecule has 28 heavy (non-hydrogen) atoms. The van der Waals surface area contributed by atoms with Crippen LogP contribution in [-0.2, 0) is 17.8 Å². The molecular weight excluding hydrogens is 354 g/mol. The van der Waals surface area contributed by atoms with Crippen molar-refractivity contribution in [2.45, 2.75) is 25.4 Å². The number of hydrogen-bond acceptors (Lipinski definition) is 5. The molecule has 2 aromatic rings. The fourth-order valence-corrected chi connectivity index (χ4v) is 4.33. The Morgan fingerprint density at radius 3 is 2.50 bits per heavy atom. The summed E-state index contributed by atoms with van der Waals surface area (Å²) < 4.78 is 0. The number of anilines is 1. The maximum absolute atomic E-state index is 13.0. The Labute approximate surface area is 163 Å². The van der Waals surface area contributed by atoms with Crippen molar-refractivity contribution in [1.82, 2.24) is 20.9 Å². The first-order chi connectivity index (χ1) is 13.7. The molecule has 0 spiro atoms. The lowest BCUT2D eigenvalue weighted by atomic mass is 9.97. The monoisotopic (exact) mass is 377 g/mol. The first-order valence-electron chi connectivity index (χ1n) is 9.70. The Morgan fingerprint density at radius 1 is 0.929 bits per heavy atom. The molecule has 0 aromatic heterocycles. The second-order valence-electron chi connectivity index (χ2n) is 7.51. The molecule has 3 N–H and O–H groups in total. The van der Waals surface area contributed by atoms with Gasteiger partial charge in [0.05, 0.1) is 17.8 Å².